The maximum absolute atomic E-state index is 12.0. The lowest BCUT2D eigenvalue weighted by Gasteiger charge is -2.14. The van der Waals surface area contributed by atoms with Gasteiger partial charge in [0.15, 0.2) is 0 Å². The zero-order valence-electron chi connectivity index (χ0n) is 12.2. The third kappa shape index (κ3) is 4.07. The van der Waals surface area contributed by atoms with Crippen molar-refractivity contribution < 1.29 is 9.53 Å². The number of benzene rings is 1. The summed E-state index contributed by atoms with van der Waals surface area (Å²) in [4.78, 5) is 12.0. The van der Waals surface area contributed by atoms with E-state index >= 15 is 0 Å². The Labute approximate surface area is 142 Å². The first kappa shape index (κ1) is 16.5. The van der Waals surface area contributed by atoms with Crippen molar-refractivity contribution in [1.82, 2.24) is 0 Å². The third-order valence-electron chi connectivity index (χ3n) is 3.70. The topological polar surface area (TPSA) is 26.3 Å². The van der Waals surface area contributed by atoms with Crippen LogP contribution in [0.3, 0.4) is 0 Å². The van der Waals surface area contributed by atoms with Gasteiger partial charge in [0, 0.05) is 8.96 Å². The van der Waals surface area contributed by atoms with Crippen LogP contribution < -0.4 is 0 Å². The molecule has 0 N–H and O–H groups in total. The van der Waals surface area contributed by atoms with Crippen molar-refractivity contribution in [3.05, 3.63) is 55.5 Å². The summed E-state index contributed by atoms with van der Waals surface area (Å²) in [5.74, 6) is -0.257. The second-order valence-corrected chi connectivity index (χ2v) is 6.87. The number of esters is 1. The Balaban J connectivity index is 2.48. The van der Waals surface area contributed by atoms with Crippen molar-refractivity contribution >= 4 is 37.8 Å². The third-order valence-corrected chi connectivity index (χ3v) is 5.38. The molecule has 0 aromatic heterocycles. The Morgan fingerprint density at radius 1 is 1.14 bits per heavy atom. The highest BCUT2D eigenvalue weighted by atomic mass is 79.9. The van der Waals surface area contributed by atoms with E-state index in [0.717, 1.165) is 45.8 Å². The molecule has 2 aliphatic rings. The van der Waals surface area contributed by atoms with Crippen molar-refractivity contribution in [2.24, 2.45) is 0 Å². The monoisotopic (exact) mass is 412 g/mol. The fraction of sp³-hybridized carbons (Fsp3) is 0.353. The predicted molar refractivity (Wildman–Crippen MR) is 92.9 cm³/mol. The number of ether oxygens (including phenoxy) is 1. The first-order valence-corrected chi connectivity index (χ1v) is 8.53. The van der Waals surface area contributed by atoms with Crippen LogP contribution >= 0.6 is 31.9 Å². The van der Waals surface area contributed by atoms with E-state index in [-0.39, 0.29) is 5.97 Å². The van der Waals surface area contributed by atoms with E-state index in [1.165, 1.54) is 12.7 Å². The number of allylic oxidation sites excluding steroid dienone is 4. The number of fused-ring (bicyclic) bond motifs is 7. The Bertz CT molecular complexity index is 615. The summed E-state index contributed by atoms with van der Waals surface area (Å²) in [6, 6.07) is 4.03. The van der Waals surface area contributed by atoms with Crippen molar-refractivity contribution in [3.63, 3.8) is 0 Å². The highest BCUT2D eigenvalue weighted by molar-refractivity contribution is 9.12. The van der Waals surface area contributed by atoms with E-state index in [1.807, 2.05) is 6.07 Å². The number of rotatable bonds is 1. The molecule has 2 aliphatic carbocycles. The summed E-state index contributed by atoms with van der Waals surface area (Å²) in [5.41, 5.74) is 4.13. The smallest absolute Gasteiger partial charge is 0.338 e. The van der Waals surface area contributed by atoms with Crippen LogP contribution in [0.25, 0.3) is 0 Å². The summed E-state index contributed by atoms with van der Waals surface area (Å²) in [6.45, 7) is 2.11. The Morgan fingerprint density at radius 2 is 1.90 bits per heavy atom. The van der Waals surface area contributed by atoms with Crippen LogP contribution in [0.4, 0.5) is 0 Å². The van der Waals surface area contributed by atoms with Crippen molar-refractivity contribution in [2.75, 3.05) is 7.11 Å². The minimum Gasteiger partial charge on any atom is -0.465 e. The molecule has 2 nitrogen and oxygen atoms in total. The van der Waals surface area contributed by atoms with Crippen LogP contribution in [-0.2, 0) is 17.6 Å². The molecule has 112 valence electrons. The highest BCUT2D eigenvalue weighted by Gasteiger charge is 2.16. The largest absolute Gasteiger partial charge is 0.465 e. The van der Waals surface area contributed by atoms with Crippen LogP contribution in [-0.4, -0.2) is 13.1 Å². The molecular weight excluding hydrogens is 396 g/mol. The summed E-state index contributed by atoms with van der Waals surface area (Å²) < 4.78 is 7.13. The molecular formula is C17H18Br2O2. The van der Waals surface area contributed by atoms with Crippen LogP contribution in [0.1, 0.15) is 41.3 Å². The minimum atomic E-state index is -0.257. The van der Waals surface area contributed by atoms with E-state index in [0.29, 0.717) is 5.56 Å². The molecule has 0 unspecified atom stereocenters. The second kappa shape index (κ2) is 7.41. The lowest BCUT2D eigenvalue weighted by molar-refractivity contribution is 0.0599. The van der Waals surface area contributed by atoms with Gasteiger partial charge in [0.05, 0.1) is 12.7 Å². The number of aryl methyl sites for hydroxylation is 2. The average molecular weight is 414 g/mol. The standard InChI is InChI=1S/C17H18Br2O2/c1-11-7-8-12-10-16(19)13(5-3-4-6-15(11)18)9-14(12)17(20)21-2/h4,6,9-10H,3,5,7-8H2,1-2H3/b6-4+,15-11-. The normalized spacial score (nSPS) is 20.6. The molecule has 21 heavy (non-hydrogen) atoms. The lowest BCUT2D eigenvalue weighted by atomic mass is 9.96. The first-order valence-electron chi connectivity index (χ1n) is 6.94. The molecule has 0 saturated carbocycles. The molecule has 0 atom stereocenters. The van der Waals surface area contributed by atoms with E-state index in [9.17, 15) is 4.79 Å². The van der Waals surface area contributed by atoms with E-state index in [1.54, 1.807) is 0 Å². The SMILES string of the molecule is COC(=O)c1cc2c(Br)cc1CC/C(C)=C(Br)/C=C/CC2. The molecule has 3 rings (SSSR count). The number of methoxy groups -OCH3 is 1. The number of carbonyl (C=O) groups excluding carboxylic acids is 1. The summed E-state index contributed by atoms with van der Waals surface area (Å²) in [5, 5.41) is 0. The molecule has 0 amide bonds. The van der Waals surface area contributed by atoms with Gasteiger partial charge in [0.1, 0.15) is 0 Å². The van der Waals surface area contributed by atoms with Crippen LogP contribution in [0.15, 0.2) is 38.8 Å². The quantitative estimate of drug-likeness (QED) is 0.580. The summed E-state index contributed by atoms with van der Waals surface area (Å²) in [7, 11) is 1.43. The number of hydrogen-bond acceptors (Lipinski definition) is 2. The minimum absolute atomic E-state index is 0.257. The molecule has 0 fully saturated rings. The summed E-state index contributed by atoms with van der Waals surface area (Å²) >= 11 is 7.23. The Morgan fingerprint density at radius 3 is 2.62 bits per heavy atom. The molecule has 0 saturated heterocycles. The fourth-order valence-corrected chi connectivity index (χ4v) is 3.34. The summed E-state index contributed by atoms with van der Waals surface area (Å²) in [6.07, 6.45) is 7.83. The van der Waals surface area contributed by atoms with Crippen molar-refractivity contribution in [2.45, 2.75) is 32.6 Å². The molecule has 0 aliphatic heterocycles. The molecule has 2 bridgehead atoms. The molecule has 0 heterocycles. The van der Waals surface area contributed by atoms with Gasteiger partial charge in [0.2, 0.25) is 0 Å². The molecule has 1 aromatic carbocycles. The van der Waals surface area contributed by atoms with Gasteiger partial charge in [-0.3, -0.25) is 0 Å². The van der Waals surface area contributed by atoms with E-state index in [4.69, 9.17) is 4.74 Å². The first-order chi connectivity index (χ1) is 10.0. The van der Waals surface area contributed by atoms with Crippen molar-refractivity contribution in [3.8, 4) is 0 Å². The Hall–Kier alpha value is -0.870. The zero-order chi connectivity index (χ0) is 15.4. The van der Waals surface area contributed by atoms with Crippen LogP contribution in [0.5, 0.6) is 0 Å². The zero-order valence-corrected chi connectivity index (χ0v) is 15.4. The van der Waals surface area contributed by atoms with Crippen LogP contribution in [0, 0.1) is 0 Å². The highest BCUT2D eigenvalue weighted by Crippen LogP contribution is 2.28. The number of carbonyl (C=O) groups is 1. The number of halogens is 2. The van der Waals surface area contributed by atoms with Gasteiger partial charge in [-0.25, -0.2) is 4.79 Å². The van der Waals surface area contributed by atoms with Crippen molar-refractivity contribution in [1.29, 1.82) is 0 Å². The maximum atomic E-state index is 12.0. The molecule has 1 aromatic rings. The molecule has 4 heteroatoms. The van der Waals surface area contributed by atoms with Gasteiger partial charge in [-0.05, 0) is 55.9 Å². The van der Waals surface area contributed by atoms with Gasteiger partial charge in [-0.1, -0.05) is 49.6 Å². The number of hydrogen-bond donors (Lipinski definition) is 0. The predicted octanol–water partition coefficient (Wildman–Crippen LogP) is 5.34. The van der Waals surface area contributed by atoms with Crippen LogP contribution in [0.2, 0.25) is 0 Å². The van der Waals surface area contributed by atoms with E-state index in [2.05, 4.69) is 57.0 Å². The maximum Gasteiger partial charge on any atom is 0.338 e. The lowest BCUT2D eigenvalue weighted by Crippen LogP contribution is -2.08. The molecule has 0 radical (unpaired) electrons. The second-order valence-electron chi connectivity index (χ2n) is 5.16. The van der Waals surface area contributed by atoms with Gasteiger partial charge in [-0.15, -0.1) is 0 Å². The van der Waals surface area contributed by atoms with Gasteiger partial charge < -0.3 is 4.74 Å². The van der Waals surface area contributed by atoms with Gasteiger partial charge in [0.25, 0.3) is 0 Å². The average Bonchev–Trinajstić information content (AvgIpc) is 2.48. The Kier molecular flexibility index (Phi) is 5.82. The van der Waals surface area contributed by atoms with Gasteiger partial charge >= 0.3 is 5.97 Å². The molecule has 0 spiro atoms. The fourth-order valence-electron chi connectivity index (χ4n) is 2.37. The van der Waals surface area contributed by atoms with E-state index < -0.39 is 0 Å². The van der Waals surface area contributed by atoms with Gasteiger partial charge in [-0.2, -0.15) is 0 Å².